The van der Waals surface area contributed by atoms with Gasteiger partial charge < -0.3 is 10.2 Å². The average molecular weight is 212 g/mol. The molecule has 15 heavy (non-hydrogen) atoms. The molecular formula is C12H24N2O. The van der Waals surface area contributed by atoms with Gasteiger partial charge in [-0.1, -0.05) is 20.3 Å². The standard InChI is InChI=1S/C12H24N2O/c1-4-6-10-14(3)11(15)12(5-2)8-7-9-13-12/h13H,4-10H2,1-3H3. The van der Waals surface area contributed by atoms with Crippen molar-refractivity contribution in [2.75, 3.05) is 20.1 Å². The average Bonchev–Trinajstić information content (AvgIpc) is 2.74. The molecule has 0 aromatic carbocycles. The smallest absolute Gasteiger partial charge is 0.242 e. The van der Waals surface area contributed by atoms with E-state index in [0.29, 0.717) is 0 Å². The monoisotopic (exact) mass is 212 g/mol. The second kappa shape index (κ2) is 5.50. The van der Waals surface area contributed by atoms with E-state index in [0.717, 1.165) is 45.2 Å². The van der Waals surface area contributed by atoms with Crippen molar-refractivity contribution in [3.63, 3.8) is 0 Å². The third-order valence-corrected chi connectivity index (χ3v) is 3.45. The fraction of sp³-hybridized carbons (Fsp3) is 0.917. The number of likely N-dealkylation sites (N-methyl/N-ethyl adjacent to an activating group) is 1. The van der Waals surface area contributed by atoms with Crippen LogP contribution in [0.15, 0.2) is 0 Å². The molecule has 1 rings (SSSR count). The van der Waals surface area contributed by atoms with E-state index in [9.17, 15) is 4.79 Å². The van der Waals surface area contributed by atoms with Crippen LogP contribution in [-0.4, -0.2) is 36.5 Å². The van der Waals surface area contributed by atoms with E-state index >= 15 is 0 Å². The molecule has 1 aliphatic rings. The van der Waals surface area contributed by atoms with Crippen molar-refractivity contribution in [1.82, 2.24) is 10.2 Å². The zero-order valence-electron chi connectivity index (χ0n) is 10.3. The molecule has 0 saturated carbocycles. The molecule has 1 amide bonds. The summed E-state index contributed by atoms with van der Waals surface area (Å²) in [6.45, 7) is 6.13. The first-order valence-corrected chi connectivity index (χ1v) is 6.17. The van der Waals surface area contributed by atoms with Crippen LogP contribution in [0.3, 0.4) is 0 Å². The number of carbonyl (C=O) groups is 1. The minimum Gasteiger partial charge on any atom is -0.344 e. The number of unbranched alkanes of at least 4 members (excludes halogenated alkanes) is 1. The van der Waals surface area contributed by atoms with Gasteiger partial charge in [0.15, 0.2) is 0 Å². The second-order valence-corrected chi connectivity index (χ2v) is 4.55. The molecule has 1 N–H and O–H groups in total. The van der Waals surface area contributed by atoms with Gasteiger partial charge in [0.25, 0.3) is 0 Å². The summed E-state index contributed by atoms with van der Waals surface area (Å²) in [4.78, 5) is 14.2. The van der Waals surface area contributed by atoms with Crippen LogP contribution in [0.25, 0.3) is 0 Å². The molecule has 1 heterocycles. The van der Waals surface area contributed by atoms with Crippen molar-refractivity contribution in [3.05, 3.63) is 0 Å². The zero-order chi connectivity index (χ0) is 11.3. The van der Waals surface area contributed by atoms with E-state index in [1.165, 1.54) is 0 Å². The van der Waals surface area contributed by atoms with E-state index in [-0.39, 0.29) is 11.4 Å². The zero-order valence-corrected chi connectivity index (χ0v) is 10.3. The highest BCUT2D eigenvalue weighted by atomic mass is 16.2. The molecule has 0 radical (unpaired) electrons. The summed E-state index contributed by atoms with van der Waals surface area (Å²) in [7, 11) is 1.93. The lowest BCUT2D eigenvalue weighted by Crippen LogP contribution is -2.53. The maximum absolute atomic E-state index is 12.3. The Morgan fingerprint density at radius 3 is 2.67 bits per heavy atom. The fourth-order valence-electron chi connectivity index (χ4n) is 2.30. The van der Waals surface area contributed by atoms with Gasteiger partial charge in [-0.15, -0.1) is 0 Å². The van der Waals surface area contributed by atoms with Gasteiger partial charge in [-0.2, -0.15) is 0 Å². The minimum absolute atomic E-state index is 0.248. The van der Waals surface area contributed by atoms with Gasteiger partial charge in [0.05, 0.1) is 5.54 Å². The molecule has 1 unspecified atom stereocenters. The van der Waals surface area contributed by atoms with E-state index < -0.39 is 0 Å². The summed E-state index contributed by atoms with van der Waals surface area (Å²) in [5.74, 6) is 0.288. The maximum atomic E-state index is 12.3. The van der Waals surface area contributed by atoms with Crippen molar-refractivity contribution in [2.45, 2.75) is 51.5 Å². The molecular weight excluding hydrogens is 188 g/mol. The van der Waals surface area contributed by atoms with Gasteiger partial charge in [0, 0.05) is 13.6 Å². The lowest BCUT2D eigenvalue weighted by molar-refractivity contribution is -0.136. The maximum Gasteiger partial charge on any atom is 0.242 e. The lowest BCUT2D eigenvalue weighted by Gasteiger charge is -2.31. The normalized spacial score (nSPS) is 25.5. The van der Waals surface area contributed by atoms with Crippen LogP contribution in [-0.2, 0) is 4.79 Å². The summed E-state index contributed by atoms with van der Waals surface area (Å²) in [5.41, 5.74) is -0.248. The Hall–Kier alpha value is -0.570. The summed E-state index contributed by atoms with van der Waals surface area (Å²) < 4.78 is 0. The third kappa shape index (κ3) is 2.71. The summed E-state index contributed by atoms with van der Waals surface area (Å²) >= 11 is 0. The molecule has 1 atom stereocenters. The first-order chi connectivity index (χ1) is 7.16. The number of carbonyl (C=O) groups excluding carboxylic acids is 1. The highest BCUT2D eigenvalue weighted by Crippen LogP contribution is 2.25. The predicted octanol–water partition coefficient (Wildman–Crippen LogP) is 1.78. The summed E-state index contributed by atoms with van der Waals surface area (Å²) in [6.07, 6.45) is 5.27. The molecule has 0 spiro atoms. The fourth-order valence-corrected chi connectivity index (χ4v) is 2.30. The van der Waals surface area contributed by atoms with Gasteiger partial charge in [0.1, 0.15) is 0 Å². The molecule has 3 nitrogen and oxygen atoms in total. The quantitative estimate of drug-likeness (QED) is 0.753. The Kier molecular flexibility index (Phi) is 4.58. The van der Waals surface area contributed by atoms with Gasteiger partial charge >= 0.3 is 0 Å². The Morgan fingerprint density at radius 2 is 2.20 bits per heavy atom. The van der Waals surface area contributed by atoms with Crippen LogP contribution in [0.4, 0.5) is 0 Å². The minimum atomic E-state index is -0.248. The largest absolute Gasteiger partial charge is 0.344 e. The van der Waals surface area contributed by atoms with Crippen LogP contribution >= 0.6 is 0 Å². The predicted molar refractivity (Wildman–Crippen MR) is 62.8 cm³/mol. The molecule has 0 aromatic heterocycles. The molecule has 3 heteroatoms. The Balaban J connectivity index is 2.56. The van der Waals surface area contributed by atoms with Gasteiger partial charge in [-0.25, -0.2) is 0 Å². The Labute approximate surface area is 93.2 Å². The molecule has 1 saturated heterocycles. The first-order valence-electron chi connectivity index (χ1n) is 6.17. The van der Waals surface area contributed by atoms with Crippen molar-refractivity contribution >= 4 is 5.91 Å². The van der Waals surface area contributed by atoms with Crippen LogP contribution in [0, 0.1) is 0 Å². The molecule has 88 valence electrons. The van der Waals surface area contributed by atoms with E-state index in [4.69, 9.17) is 0 Å². The van der Waals surface area contributed by atoms with Gasteiger partial charge in [-0.05, 0) is 32.2 Å². The number of nitrogens with zero attached hydrogens (tertiary/aromatic N) is 1. The van der Waals surface area contributed by atoms with E-state index in [1.54, 1.807) is 0 Å². The highest BCUT2D eigenvalue weighted by Gasteiger charge is 2.40. The SMILES string of the molecule is CCCCN(C)C(=O)C1(CC)CCCN1. The molecule has 1 aliphatic heterocycles. The first kappa shape index (κ1) is 12.5. The van der Waals surface area contributed by atoms with Gasteiger partial charge in [-0.3, -0.25) is 4.79 Å². The molecule has 0 aliphatic carbocycles. The van der Waals surface area contributed by atoms with Crippen molar-refractivity contribution in [3.8, 4) is 0 Å². The number of rotatable bonds is 5. The Bertz CT molecular complexity index is 210. The van der Waals surface area contributed by atoms with Crippen molar-refractivity contribution in [1.29, 1.82) is 0 Å². The van der Waals surface area contributed by atoms with E-state index in [1.807, 2.05) is 11.9 Å². The summed E-state index contributed by atoms with van der Waals surface area (Å²) in [5, 5.41) is 3.39. The summed E-state index contributed by atoms with van der Waals surface area (Å²) in [6, 6.07) is 0. The van der Waals surface area contributed by atoms with Crippen LogP contribution in [0.2, 0.25) is 0 Å². The molecule has 0 aromatic rings. The number of hydrogen-bond donors (Lipinski definition) is 1. The second-order valence-electron chi connectivity index (χ2n) is 4.55. The highest BCUT2D eigenvalue weighted by molar-refractivity contribution is 5.86. The van der Waals surface area contributed by atoms with Gasteiger partial charge in [0.2, 0.25) is 5.91 Å². The Morgan fingerprint density at radius 1 is 1.47 bits per heavy atom. The lowest BCUT2D eigenvalue weighted by atomic mass is 9.92. The van der Waals surface area contributed by atoms with Crippen LogP contribution in [0.5, 0.6) is 0 Å². The van der Waals surface area contributed by atoms with E-state index in [2.05, 4.69) is 19.2 Å². The van der Waals surface area contributed by atoms with Crippen molar-refractivity contribution in [2.24, 2.45) is 0 Å². The topological polar surface area (TPSA) is 32.3 Å². The number of amides is 1. The van der Waals surface area contributed by atoms with Crippen LogP contribution < -0.4 is 5.32 Å². The van der Waals surface area contributed by atoms with Crippen molar-refractivity contribution < 1.29 is 4.79 Å². The number of hydrogen-bond acceptors (Lipinski definition) is 2. The third-order valence-electron chi connectivity index (χ3n) is 3.45. The van der Waals surface area contributed by atoms with Crippen LogP contribution in [0.1, 0.15) is 46.0 Å². The molecule has 1 fully saturated rings. The number of nitrogens with one attached hydrogen (secondary N) is 1. The molecule has 0 bridgehead atoms.